The van der Waals surface area contributed by atoms with Gasteiger partial charge in [-0.1, -0.05) is 86.4 Å². The smallest absolute Gasteiger partial charge is 0.129 e. The molecule has 2 saturated heterocycles. The average molecular weight is 680 g/mol. The lowest BCUT2D eigenvalue weighted by Gasteiger charge is -2.25. The van der Waals surface area contributed by atoms with E-state index < -0.39 is 0 Å². The van der Waals surface area contributed by atoms with Gasteiger partial charge < -0.3 is 14.5 Å². The Bertz CT molecular complexity index is 792. The molecule has 0 aromatic rings. The molecule has 5 heteroatoms. The molecule has 2 rings (SSSR count). The molecule has 2 fully saturated rings. The standard InChI is InChI=1S/C15H30N2O.C10H20O.C9H21N.C9H18/c1-14(8-9-15(2,3)4)16-18-13-12-17-10-6-5-7-11-17;1-9(2)5-7-10(3)6-4-8-11-10;1-8(2)6-7-9(3)10(4)5;1-8(2)6-7-9(3,4)5/h5-13H2,1-4H3;9H,4-8H2,1-3H3;8-9H,6-7H2,1-5H3;1,6-7H2,2-5H3/b16-14-;;;. The van der Waals surface area contributed by atoms with Crippen LogP contribution in [0.1, 0.15) is 180 Å². The van der Waals surface area contributed by atoms with Crippen molar-refractivity contribution in [3.63, 3.8) is 0 Å². The maximum absolute atomic E-state index is 5.69. The molecule has 5 nitrogen and oxygen atoms in total. The molecule has 288 valence electrons. The van der Waals surface area contributed by atoms with Crippen LogP contribution in [0, 0.1) is 22.7 Å². The van der Waals surface area contributed by atoms with Crippen LogP contribution in [0.5, 0.6) is 0 Å². The van der Waals surface area contributed by atoms with Gasteiger partial charge in [0.05, 0.1) is 11.3 Å². The minimum Gasteiger partial charge on any atom is -0.394 e. The molecule has 0 spiro atoms. The Morgan fingerprint density at radius 1 is 0.833 bits per heavy atom. The van der Waals surface area contributed by atoms with Gasteiger partial charge in [-0.15, -0.1) is 6.58 Å². The fourth-order valence-electron chi connectivity index (χ4n) is 5.16. The summed E-state index contributed by atoms with van der Waals surface area (Å²) in [4.78, 5) is 10.2. The van der Waals surface area contributed by atoms with Crippen LogP contribution >= 0.6 is 0 Å². The van der Waals surface area contributed by atoms with Crippen molar-refractivity contribution >= 4 is 5.71 Å². The van der Waals surface area contributed by atoms with Crippen LogP contribution in [0.4, 0.5) is 0 Å². The topological polar surface area (TPSA) is 37.3 Å². The first kappa shape index (κ1) is 49.2. The first-order chi connectivity index (χ1) is 22.0. The molecule has 0 aromatic carbocycles. The number of ether oxygens (including phenoxy) is 1. The number of nitrogens with zero attached hydrogens (tertiary/aromatic N) is 3. The molecule has 48 heavy (non-hydrogen) atoms. The predicted molar refractivity (Wildman–Crippen MR) is 216 cm³/mol. The largest absolute Gasteiger partial charge is 0.394 e. The molecule has 0 radical (unpaired) electrons. The Morgan fingerprint density at radius 3 is 1.79 bits per heavy atom. The molecule has 2 aliphatic rings. The van der Waals surface area contributed by atoms with Crippen molar-refractivity contribution in [3.05, 3.63) is 12.2 Å². The van der Waals surface area contributed by atoms with Crippen LogP contribution in [0.15, 0.2) is 17.3 Å². The number of likely N-dealkylation sites (tertiary alicyclic amines) is 1. The molecular formula is C43H89N3O2. The van der Waals surface area contributed by atoms with Crippen molar-refractivity contribution in [1.82, 2.24) is 9.80 Å². The normalized spacial score (nSPS) is 19.6. The zero-order valence-corrected chi connectivity index (χ0v) is 35.8. The van der Waals surface area contributed by atoms with Crippen LogP contribution in [-0.2, 0) is 9.57 Å². The van der Waals surface area contributed by atoms with Crippen molar-refractivity contribution < 1.29 is 9.57 Å². The molecule has 0 saturated carbocycles. The van der Waals surface area contributed by atoms with E-state index in [9.17, 15) is 0 Å². The van der Waals surface area contributed by atoms with Gasteiger partial charge in [-0.25, -0.2) is 0 Å². The molecule has 2 heterocycles. The highest BCUT2D eigenvalue weighted by molar-refractivity contribution is 5.81. The molecule has 0 amide bonds. The summed E-state index contributed by atoms with van der Waals surface area (Å²) in [5.41, 5.74) is 3.49. The molecule has 0 N–H and O–H groups in total. The number of oxime groups is 1. The third-order valence-electron chi connectivity index (χ3n) is 9.30. The predicted octanol–water partition coefficient (Wildman–Crippen LogP) is 12.4. The molecule has 0 aromatic heterocycles. The number of piperidine rings is 1. The lowest BCUT2D eigenvalue weighted by molar-refractivity contribution is 0.00932. The van der Waals surface area contributed by atoms with Gasteiger partial charge in [0.1, 0.15) is 6.61 Å². The van der Waals surface area contributed by atoms with Crippen molar-refractivity contribution in [1.29, 1.82) is 0 Å². The lowest BCUT2D eigenvalue weighted by atomic mass is 9.89. The highest BCUT2D eigenvalue weighted by atomic mass is 16.6. The van der Waals surface area contributed by atoms with Crippen LogP contribution in [-0.4, -0.2) is 74.1 Å². The van der Waals surface area contributed by atoms with Gasteiger partial charge in [-0.2, -0.15) is 0 Å². The molecule has 2 aliphatic heterocycles. The fraction of sp³-hybridized carbons (Fsp3) is 0.930. The van der Waals surface area contributed by atoms with Gasteiger partial charge in [-0.05, 0) is 155 Å². The van der Waals surface area contributed by atoms with Gasteiger partial charge >= 0.3 is 0 Å². The quantitative estimate of drug-likeness (QED) is 0.0747. The minimum atomic E-state index is 0.226. The van der Waals surface area contributed by atoms with Crippen molar-refractivity contribution in [2.45, 2.75) is 192 Å². The SMILES string of the molecule is C/C(CCC(C)(C)C)=N/OCCN1CCCCC1.C=C(C)CCC(C)(C)C.CC(C)CCC(C)N(C)C.CC(C)CCC1(C)CCCO1. The highest BCUT2D eigenvalue weighted by Crippen LogP contribution is 2.30. The van der Waals surface area contributed by atoms with Gasteiger partial charge in [0.15, 0.2) is 0 Å². The highest BCUT2D eigenvalue weighted by Gasteiger charge is 2.29. The van der Waals surface area contributed by atoms with Crippen LogP contribution < -0.4 is 0 Å². The minimum absolute atomic E-state index is 0.226. The van der Waals surface area contributed by atoms with E-state index in [0.29, 0.717) is 10.8 Å². The molecule has 2 unspecified atom stereocenters. The molecule has 0 aliphatic carbocycles. The third-order valence-corrected chi connectivity index (χ3v) is 9.30. The van der Waals surface area contributed by atoms with Crippen LogP contribution in [0.2, 0.25) is 0 Å². The molecular weight excluding hydrogens is 590 g/mol. The van der Waals surface area contributed by atoms with Gasteiger partial charge in [0.25, 0.3) is 0 Å². The van der Waals surface area contributed by atoms with E-state index >= 15 is 0 Å². The second-order valence-electron chi connectivity index (χ2n) is 18.8. The third kappa shape index (κ3) is 34.9. The molecule has 0 bridgehead atoms. The van der Waals surface area contributed by atoms with Crippen LogP contribution in [0.3, 0.4) is 0 Å². The van der Waals surface area contributed by atoms with Gasteiger partial charge in [0.2, 0.25) is 0 Å². The van der Waals surface area contributed by atoms with E-state index in [1.165, 1.54) is 89.3 Å². The first-order valence-corrected chi connectivity index (χ1v) is 19.9. The van der Waals surface area contributed by atoms with E-state index in [1.807, 2.05) is 0 Å². The molecule has 2 atom stereocenters. The summed E-state index contributed by atoms with van der Waals surface area (Å²) in [6, 6.07) is 0.738. The summed E-state index contributed by atoms with van der Waals surface area (Å²) >= 11 is 0. The number of hydrogen-bond donors (Lipinski definition) is 0. The zero-order valence-electron chi connectivity index (χ0n) is 35.8. The van der Waals surface area contributed by atoms with E-state index in [1.54, 1.807) is 0 Å². The monoisotopic (exact) mass is 680 g/mol. The number of rotatable bonds is 15. The maximum atomic E-state index is 5.69. The van der Waals surface area contributed by atoms with E-state index in [2.05, 4.69) is 133 Å². The van der Waals surface area contributed by atoms with E-state index in [4.69, 9.17) is 9.57 Å². The second kappa shape index (κ2) is 26.8. The van der Waals surface area contributed by atoms with Crippen molar-refractivity contribution in [2.24, 2.45) is 27.8 Å². The van der Waals surface area contributed by atoms with E-state index in [-0.39, 0.29) is 5.60 Å². The number of allylic oxidation sites excluding steroid dienone is 1. The second-order valence-corrected chi connectivity index (χ2v) is 18.8. The summed E-state index contributed by atoms with van der Waals surface area (Å²) in [6.45, 7) is 40.4. The van der Waals surface area contributed by atoms with Crippen LogP contribution in [0.25, 0.3) is 0 Å². The van der Waals surface area contributed by atoms with Crippen molar-refractivity contribution in [3.8, 4) is 0 Å². The van der Waals surface area contributed by atoms with Gasteiger partial charge in [0, 0.05) is 19.2 Å². The zero-order chi connectivity index (χ0) is 37.4. The summed E-state index contributed by atoms with van der Waals surface area (Å²) in [7, 11) is 4.29. The maximum Gasteiger partial charge on any atom is 0.129 e. The first-order valence-electron chi connectivity index (χ1n) is 19.9. The Kier molecular flexibility index (Phi) is 27.5. The lowest BCUT2D eigenvalue weighted by Crippen LogP contribution is -2.32. The Hall–Kier alpha value is -0.910. The summed E-state index contributed by atoms with van der Waals surface area (Å²) in [5.74, 6) is 1.67. The Balaban J connectivity index is 0. The Labute approximate surface area is 303 Å². The van der Waals surface area contributed by atoms with Crippen molar-refractivity contribution in [2.75, 3.05) is 46.9 Å². The Morgan fingerprint density at radius 2 is 1.38 bits per heavy atom. The number of hydrogen-bond acceptors (Lipinski definition) is 5. The van der Waals surface area contributed by atoms with E-state index in [0.717, 1.165) is 56.2 Å². The fourth-order valence-corrected chi connectivity index (χ4v) is 5.16. The summed E-state index contributed by atoms with van der Waals surface area (Å²) in [6.07, 6.45) is 16.4. The average Bonchev–Trinajstić information content (AvgIpc) is 3.42. The summed E-state index contributed by atoms with van der Waals surface area (Å²) < 4.78 is 5.69. The summed E-state index contributed by atoms with van der Waals surface area (Å²) in [5, 5.41) is 4.20. The van der Waals surface area contributed by atoms with Gasteiger partial charge in [-0.3, -0.25) is 4.90 Å².